The van der Waals surface area contributed by atoms with Gasteiger partial charge < -0.3 is 19.9 Å². The largest absolute Gasteiger partial charge is 0.501 e. The van der Waals surface area contributed by atoms with Crippen LogP contribution in [-0.2, 0) is 16.0 Å². The van der Waals surface area contributed by atoms with Gasteiger partial charge in [-0.15, -0.1) is 0 Å². The number of nitrogens with zero attached hydrogens (tertiary/aromatic N) is 3. The summed E-state index contributed by atoms with van der Waals surface area (Å²) < 4.78 is 13.5. The van der Waals surface area contributed by atoms with Gasteiger partial charge in [-0.3, -0.25) is 14.2 Å². The van der Waals surface area contributed by atoms with Crippen LogP contribution in [0.1, 0.15) is 48.5 Å². The molecule has 0 aromatic carbocycles. The summed E-state index contributed by atoms with van der Waals surface area (Å²) in [4.78, 5) is 26.0. The summed E-state index contributed by atoms with van der Waals surface area (Å²) in [5.41, 5.74) is 0.302. The standard InChI is InChI=1S/C20H26N4O5/c1-2-28-10-7-14-11-21-24-18(14)23(12-13-5-8-29-9-6-13)19(26)16(20(24)27)17(25)22-15-3-4-15/h7,10-11,13,15,27H,2-6,8-9,12H2,1H3,(H,22,25). The number of fused-ring (bicyclic) bond motifs is 1. The molecule has 1 aliphatic heterocycles. The molecule has 9 nitrogen and oxygen atoms in total. The van der Waals surface area contributed by atoms with Gasteiger partial charge in [0.1, 0.15) is 5.65 Å². The monoisotopic (exact) mass is 402 g/mol. The highest BCUT2D eigenvalue weighted by Gasteiger charge is 2.30. The van der Waals surface area contributed by atoms with Crippen molar-refractivity contribution >= 4 is 17.6 Å². The molecule has 2 aromatic heterocycles. The number of amides is 1. The van der Waals surface area contributed by atoms with Gasteiger partial charge in [-0.2, -0.15) is 9.61 Å². The van der Waals surface area contributed by atoms with Crippen molar-refractivity contribution in [2.24, 2.45) is 5.92 Å². The van der Waals surface area contributed by atoms with Gasteiger partial charge in [0, 0.05) is 31.4 Å². The topological polar surface area (TPSA) is 107 Å². The Morgan fingerprint density at radius 1 is 1.38 bits per heavy atom. The molecular weight excluding hydrogens is 376 g/mol. The van der Waals surface area contributed by atoms with E-state index in [-0.39, 0.29) is 17.5 Å². The van der Waals surface area contributed by atoms with Gasteiger partial charge >= 0.3 is 0 Å². The molecular formula is C20H26N4O5. The fourth-order valence-corrected chi connectivity index (χ4v) is 3.59. The summed E-state index contributed by atoms with van der Waals surface area (Å²) in [6.45, 7) is 4.12. The Bertz CT molecular complexity index is 983. The minimum atomic E-state index is -0.556. The fraction of sp³-hybridized carbons (Fsp3) is 0.550. The third-order valence-electron chi connectivity index (χ3n) is 5.34. The fourth-order valence-electron chi connectivity index (χ4n) is 3.59. The van der Waals surface area contributed by atoms with Crippen molar-refractivity contribution in [2.75, 3.05) is 19.8 Å². The SMILES string of the molecule is CCOC=Cc1cnn2c(O)c(C(=O)NC3CC3)c(=O)n(CC3CCOCC3)c12. The average Bonchev–Trinajstić information content (AvgIpc) is 3.43. The highest BCUT2D eigenvalue weighted by Crippen LogP contribution is 2.25. The van der Waals surface area contributed by atoms with E-state index in [4.69, 9.17) is 9.47 Å². The van der Waals surface area contributed by atoms with Crippen LogP contribution in [0, 0.1) is 5.92 Å². The van der Waals surface area contributed by atoms with E-state index in [1.807, 2.05) is 6.92 Å². The van der Waals surface area contributed by atoms with E-state index in [1.165, 1.54) is 10.8 Å². The molecule has 1 aliphatic carbocycles. The molecule has 1 saturated carbocycles. The van der Waals surface area contributed by atoms with Crippen LogP contribution in [0.4, 0.5) is 0 Å². The van der Waals surface area contributed by atoms with Crippen LogP contribution < -0.4 is 10.9 Å². The van der Waals surface area contributed by atoms with E-state index >= 15 is 0 Å². The molecule has 0 atom stereocenters. The number of carbonyl (C=O) groups excluding carboxylic acids is 1. The normalized spacial score (nSPS) is 17.8. The van der Waals surface area contributed by atoms with Crippen molar-refractivity contribution < 1.29 is 19.4 Å². The number of hydrogen-bond donors (Lipinski definition) is 2. The molecule has 156 valence electrons. The Balaban J connectivity index is 1.82. The highest BCUT2D eigenvalue weighted by molar-refractivity contribution is 5.96. The lowest BCUT2D eigenvalue weighted by Crippen LogP contribution is -2.37. The molecule has 1 saturated heterocycles. The number of aromatic nitrogens is 3. The molecule has 4 rings (SSSR count). The van der Waals surface area contributed by atoms with Crippen LogP contribution in [0.3, 0.4) is 0 Å². The first kappa shape index (κ1) is 19.5. The third kappa shape index (κ3) is 4.00. The highest BCUT2D eigenvalue weighted by atomic mass is 16.5. The molecule has 2 aromatic rings. The van der Waals surface area contributed by atoms with Gasteiger partial charge in [-0.1, -0.05) is 0 Å². The Labute approximate surface area is 167 Å². The Morgan fingerprint density at radius 3 is 2.83 bits per heavy atom. The number of nitrogens with one attached hydrogen (secondary N) is 1. The molecule has 2 fully saturated rings. The number of ether oxygens (including phenoxy) is 2. The van der Waals surface area contributed by atoms with E-state index < -0.39 is 17.3 Å². The lowest BCUT2D eigenvalue weighted by Gasteiger charge is -2.24. The molecule has 0 spiro atoms. The quantitative estimate of drug-likeness (QED) is 0.680. The maximum atomic E-state index is 13.3. The Morgan fingerprint density at radius 2 is 2.14 bits per heavy atom. The molecule has 3 heterocycles. The zero-order chi connectivity index (χ0) is 20.4. The van der Waals surface area contributed by atoms with Crippen molar-refractivity contribution in [3.8, 4) is 5.88 Å². The van der Waals surface area contributed by atoms with Crippen molar-refractivity contribution in [3.05, 3.63) is 33.9 Å². The van der Waals surface area contributed by atoms with E-state index in [0.717, 1.165) is 25.7 Å². The number of aromatic hydroxyl groups is 1. The first-order chi connectivity index (χ1) is 14.1. The van der Waals surface area contributed by atoms with Crippen LogP contribution in [0.5, 0.6) is 5.88 Å². The number of carbonyl (C=O) groups is 1. The number of rotatable bonds is 7. The van der Waals surface area contributed by atoms with Crippen LogP contribution in [0.25, 0.3) is 11.7 Å². The zero-order valence-corrected chi connectivity index (χ0v) is 16.5. The summed E-state index contributed by atoms with van der Waals surface area (Å²) in [5.74, 6) is -0.755. The predicted molar refractivity (Wildman–Crippen MR) is 106 cm³/mol. The molecule has 2 aliphatic rings. The lowest BCUT2D eigenvalue weighted by molar-refractivity contribution is 0.0611. The van der Waals surface area contributed by atoms with E-state index in [1.54, 1.807) is 16.8 Å². The molecule has 0 bridgehead atoms. The summed E-state index contributed by atoms with van der Waals surface area (Å²) in [6, 6.07) is 0.0725. The van der Waals surface area contributed by atoms with E-state index in [9.17, 15) is 14.7 Å². The molecule has 1 amide bonds. The van der Waals surface area contributed by atoms with Crippen molar-refractivity contribution in [1.82, 2.24) is 19.5 Å². The van der Waals surface area contributed by atoms with Gasteiger partial charge in [0.05, 0.1) is 19.1 Å². The molecule has 0 radical (unpaired) electrons. The number of hydrogen-bond acceptors (Lipinski definition) is 6. The first-order valence-electron chi connectivity index (χ1n) is 10.1. The molecule has 29 heavy (non-hydrogen) atoms. The molecule has 0 unspecified atom stereocenters. The third-order valence-corrected chi connectivity index (χ3v) is 5.34. The lowest BCUT2D eigenvalue weighted by atomic mass is 10.00. The van der Waals surface area contributed by atoms with Crippen LogP contribution in [0.15, 0.2) is 17.3 Å². The summed E-state index contributed by atoms with van der Waals surface area (Å²) >= 11 is 0. The Kier molecular flexibility index (Phi) is 5.57. The maximum Gasteiger partial charge on any atom is 0.270 e. The van der Waals surface area contributed by atoms with E-state index in [0.29, 0.717) is 37.6 Å². The summed E-state index contributed by atoms with van der Waals surface area (Å²) in [5, 5.41) is 17.7. The predicted octanol–water partition coefficient (Wildman–Crippen LogP) is 1.53. The van der Waals surface area contributed by atoms with Crippen molar-refractivity contribution in [2.45, 2.75) is 45.2 Å². The van der Waals surface area contributed by atoms with Gasteiger partial charge in [0.2, 0.25) is 5.88 Å². The van der Waals surface area contributed by atoms with E-state index in [2.05, 4.69) is 10.4 Å². The first-order valence-corrected chi connectivity index (χ1v) is 10.1. The smallest absolute Gasteiger partial charge is 0.270 e. The molecule has 2 N–H and O–H groups in total. The Hall–Kier alpha value is -2.81. The van der Waals surface area contributed by atoms with Crippen molar-refractivity contribution in [3.63, 3.8) is 0 Å². The average molecular weight is 402 g/mol. The zero-order valence-electron chi connectivity index (χ0n) is 16.5. The van der Waals surface area contributed by atoms with Gasteiger partial charge in [-0.05, 0) is 44.6 Å². The maximum absolute atomic E-state index is 13.3. The minimum Gasteiger partial charge on any atom is -0.501 e. The van der Waals surface area contributed by atoms with Gasteiger partial charge in [0.25, 0.3) is 11.5 Å². The van der Waals surface area contributed by atoms with Crippen LogP contribution in [0.2, 0.25) is 0 Å². The van der Waals surface area contributed by atoms with Gasteiger partial charge in [-0.25, -0.2) is 0 Å². The molecule has 9 heteroatoms. The summed E-state index contributed by atoms with van der Waals surface area (Å²) in [7, 11) is 0. The second-order valence-electron chi connectivity index (χ2n) is 7.51. The van der Waals surface area contributed by atoms with Gasteiger partial charge in [0.15, 0.2) is 5.56 Å². The second-order valence-corrected chi connectivity index (χ2v) is 7.51. The van der Waals surface area contributed by atoms with Crippen molar-refractivity contribution in [1.29, 1.82) is 0 Å². The minimum absolute atomic E-state index is 0.0725. The van der Waals surface area contributed by atoms with Crippen LogP contribution in [-0.4, -0.2) is 51.1 Å². The van der Waals surface area contributed by atoms with Crippen LogP contribution >= 0.6 is 0 Å². The second kappa shape index (κ2) is 8.28. The summed E-state index contributed by atoms with van der Waals surface area (Å²) in [6.07, 6.45) is 8.23.